The van der Waals surface area contributed by atoms with E-state index in [2.05, 4.69) is 20.3 Å². The summed E-state index contributed by atoms with van der Waals surface area (Å²) in [5.74, 6) is 1.42. The molecule has 2 aliphatic carbocycles. The van der Waals surface area contributed by atoms with Crippen LogP contribution in [0.4, 0.5) is 5.13 Å². The smallest absolute Gasteiger partial charge is 0.229 e. The van der Waals surface area contributed by atoms with Crippen molar-refractivity contribution in [1.82, 2.24) is 15.0 Å². The van der Waals surface area contributed by atoms with Gasteiger partial charge in [-0.05, 0) is 44.2 Å². The number of hydrogen-bond acceptors (Lipinski definition) is 8. The molecule has 5 rings (SSSR count). The van der Waals surface area contributed by atoms with Crippen LogP contribution in [0.15, 0.2) is 24.5 Å². The van der Waals surface area contributed by atoms with E-state index in [-0.39, 0.29) is 24.5 Å². The number of anilines is 1. The number of amides is 1. The maximum atomic E-state index is 12.3. The Kier molecular flexibility index (Phi) is 6.03. The molecule has 0 radical (unpaired) electrons. The van der Waals surface area contributed by atoms with Gasteiger partial charge in [0.15, 0.2) is 11.0 Å². The van der Waals surface area contributed by atoms with Crippen molar-refractivity contribution in [2.24, 2.45) is 5.92 Å². The first-order valence-corrected chi connectivity index (χ1v) is 11.8. The Labute approximate surface area is 190 Å². The molecule has 0 spiro atoms. The topological polar surface area (TPSA) is 106 Å². The lowest BCUT2D eigenvalue weighted by atomic mass is 9.85. The van der Waals surface area contributed by atoms with Gasteiger partial charge >= 0.3 is 0 Å². The van der Waals surface area contributed by atoms with E-state index in [0.29, 0.717) is 16.7 Å². The molecule has 1 amide bonds. The minimum Gasteiger partial charge on any atom is -0.495 e. The molecule has 2 fully saturated rings. The lowest BCUT2D eigenvalue weighted by Crippen LogP contribution is -2.27. The number of aliphatic hydroxyl groups excluding tert-OH is 1. The maximum absolute atomic E-state index is 12.3. The summed E-state index contributed by atoms with van der Waals surface area (Å²) in [5, 5.41) is 13.4. The second-order valence-corrected chi connectivity index (χ2v) is 9.37. The Morgan fingerprint density at radius 3 is 2.62 bits per heavy atom. The number of rotatable bonds is 7. The van der Waals surface area contributed by atoms with Gasteiger partial charge in [0.25, 0.3) is 0 Å². The first-order valence-electron chi connectivity index (χ1n) is 11.0. The van der Waals surface area contributed by atoms with Gasteiger partial charge in [-0.3, -0.25) is 4.79 Å². The summed E-state index contributed by atoms with van der Waals surface area (Å²) in [4.78, 5) is 25.7. The number of thiazole rings is 1. The van der Waals surface area contributed by atoms with Gasteiger partial charge in [0.2, 0.25) is 5.91 Å². The number of nitrogens with zero attached hydrogens (tertiary/aromatic N) is 3. The highest BCUT2D eigenvalue weighted by atomic mass is 32.1. The van der Waals surface area contributed by atoms with Gasteiger partial charge in [0.05, 0.1) is 29.5 Å². The summed E-state index contributed by atoms with van der Waals surface area (Å²) in [6.45, 7) is 0.275. The number of aliphatic hydroxyl groups is 1. The van der Waals surface area contributed by atoms with E-state index >= 15 is 0 Å². The molecule has 8 nitrogen and oxygen atoms in total. The van der Waals surface area contributed by atoms with Gasteiger partial charge in [-0.2, -0.15) is 0 Å². The minimum absolute atomic E-state index is 0.0471. The third-order valence-corrected chi connectivity index (χ3v) is 7.27. The summed E-state index contributed by atoms with van der Waals surface area (Å²) in [6, 6.07) is 3.85. The predicted molar refractivity (Wildman–Crippen MR) is 122 cm³/mol. The number of carbonyl (C=O) groups excluding carboxylic acids is 1. The highest BCUT2D eigenvalue weighted by Gasteiger charge is 2.27. The SMILES string of the molecule is COc1c(-c2cnc(CO[C@H]3CCC[C@@H]3O)nc2)ccc2nc(NC(=O)C3CCC3)sc12. The molecular formula is C23H26N4O4S. The fraction of sp³-hybridized carbons (Fsp3) is 0.478. The molecule has 0 aliphatic heterocycles. The van der Waals surface area contributed by atoms with Crippen LogP contribution in [0.5, 0.6) is 5.75 Å². The van der Waals surface area contributed by atoms with E-state index in [1.54, 1.807) is 19.5 Å². The van der Waals surface area contributed by atoms with E-state index in [0.717, 1.165) is 59.9 Å². The summed E-state index contributed by atoms with van der Waals surface area (Å²) in [7, 11) is 1.63. The third kappa shape index (κ3) is 4.20. The van der Waals surface area contributed by atoms with Crippen LogP contribution >= 0.6 is 11.3 Å². The zero-order valence-electron chi connectivity index (χ0n) is 17.9. The van der Waals surface area contributed by atoms with Crippen molar-refractivity contribution >= 4 is 32.6 Å². The summed E-state index contributed by atoms with van der Waals surface area (Å²) in [6.07, 6.45) is 8.63. The summed E-state index contributed by atoms with van der Waals surface area (Å²) >= 11 is 1.41. The average Bonchev–Trinajstić information content (AvgIpc) is 3.35. The number of hydrogen-bond donors (Lipinski definition) is 2. The standard InChI is InChI=1S/C23H26N4O4S/c1-30-20-15(14-10-24-19(25-11-14)12-31-18-7-3-6-17(18)28)8-9-16-21(20)32-23(26-16)27-22(29)13-4-2-5-13/h8-11,13,17-18,28H,2-7,12H2,1H3,(H,26,27,29)/t17-,18-/m0/s1. The van der Waals surface area contributed by atoms with Crippen molar-refractivity contribution in [1.29, 1.82) is 0 Å². The van der Waals surface area contributed by atoms with Crippen molar-refractivity contribution in [3.63, 3.8) is 0 Å². The van der Waals surface area contributed by atoms with Gasteiger partial charge in [-0.25, -0.2) is 15.0 Å². The first-order chi connectivity index (χ1) is 15.6. The van der Waals surface area contributed by atoms with Crippen LogP contribution < -0.4 is 10.1 Å². The number of benzene rings is 1. The van der Waals surface area contributed by atoms with Gasteiger partial charge in [0.1, 0.15) is 12.4 Å². The van der Waals surface area contributed by atoms with Crippen molar-refractivity contribution in [3.8, 4) is 16.9 Å². The van der Waals surface area contributed by atoms with Crippen LogP contribution in [-0.2, 0) is 16.1 Å². The maximum Gasteiger partial charge on any atom is 0.229 e. The molecule has 2 heterocycles. The normalized spacial score (nSPS) is 20.9. The van der Waals surface area contributed by atoms with Crippen molar-refractivity contribution in [2.45, 2.75) is 57.3 Å². The molecule has 2 atom stereocenters. The average molecular weight is 455 g/mol. The van der Waals surface area contributed by atoms with Crippen molar-refractivity contribution < 1.29 is 19.4 Å². The lowest BCUT2D eigenvalue weighted by Gasteiger charge is -2.23. The third-order valence-electron chi connectivity index (χ3n) is 6.28. The van der Waals surface area contributed by atoms with E-state index in [4.69, 9.17) is 9.47 Å². The molecule has 0 unspecified atom stereocenters. The molecule has 0 bridgehead atoms. The van der Waals surface area contributed by atoms with Crippen molar-refractivity contribution in [3.05, 3.63) is 30.4 Å². The number of fused-ring (bicyclic) bond motifs is 1. The van der Waals surface area contributed by atoms with Crippen LogP contribution in [0.3, 0.4) is 0 Å². The van der Waals surface area contributed by atoms with E-state index in [1.165, 1.54) is 11.3 Å². The number of ether oxygens (including phenoxy) is 2. The highest BCUT2D eigenvalue weighted by Crippen LogP contribution is 2.41. The van der Waals surface area contributed by atoms with E-state index < -0.39 is 6.10 Å². The van der Waals surface area contributed by atoms with Crippen LogP contribution in [0, 0.1) is 5.92 Å². The summed E-state index contributed by atoms with van der Waals surface area (Å²) in [5.41, 5.74) is 2.46. The van der Waals surface area contributed by atoms with Gasteiger partial charge in [0, 0.05) is 29.4 Å². The van der Waals surface area contributed by atoms with Gasteiger partial charge < -0.3 is 19.9 Å². The fourth-order valence-electron chi connectivity index (χ4n) is 4.18. The Hall–Kier alpha value is -2.62. The Balaban J connectivity index is 1.34. The fourth-order valence-corrected chi connectivity index (χ4v) is 5.17. The quantitative estimate of drug-likeness (QED) is 0.557. The van der Waals surface area contributed by atoms with Gasteiger partial charge in [-0.1, -0.05) is 17.8 Å². The lowest BCUT2D eigenvalue weighted by molar-refractivity contribution is -0.122. The predicted octanol–water partition coefficient (Wildman–Crippen LogP) is 3.93. The van der Waals surface area contributed by atoms with Crippen LogP contribution in [0.1, 0.15) is 44.3 Å². The second-order valence-electron chi connectivity index (χ2n) is 8.37. The molecule has 32 heavy (non-hydrogen) atoms. The van der Waals surface area contributed by atoms with E-state index in [9.17, 15) is 9.90 Å². The Bertz CT molecular complexity index is 1110. The minimum atomic E-state index is -0.395. The molecule has 168 valence electrons. The van der Waals surface area contributed by atoms with Crippen molar-refractivity contribution in [2.75, 3.05) is 12.4 Å². The van der Waals surface area contributed by atoms with Crippen LogP contribution in [0.25, 0.3) is 21.3 Å². The molecule has 3 aromatic rings. The zero-order chi connectivity index (χ0) is 22.1. The van der Waals surface area contributed by atoms with Gasteiger partial charge in [-0.15, -0.1) is 0 Å². The molecule has 2 N–H and O–H groups in total. The molecule has 0 saturated heterocycles. The molecule has 2 saturated carbocycles. The summed E-state index contributed by atoms with van der Waals surface area (Å²) < 4.78 is 12.4. The molecular weight excluding hydrogens is 428 g/mol. The Morgan fingerprint density at radius 1 is 1.19 bits per heavy atom. The molecule has 1 aromatic carbocycles. The monoisotopic (exact) mass is 454 g/mol. The Morgan fingerprint density at radius 2 is 1.97 bits per heavy atom. The second kappa shape index (κ2) is 9.09. The molecule has 2 aromatic heterocycles. The highest BCUT2D eigenvalue weighted by molar-refractivity contribution is 7.22. The number of nitrogens with one attached hydrogen (secondary N) is 1. The number of methoxy groups -OCH3 is 1. The van der Waals surface area contributed by atoms with E-state index in [1.807, 2.05) is 12.1 Å². The van der Waals surface area contributed by atoms with Crippen LogP contribution in [-0.4, -0.2) is 45.3 Å². The first kappa shape index (κ1) is 21.2. The molecule has 9 heteroatoms. The zero-order valence-corrected chi connectivity index (χ0v) is 18.7. The van der Waals surface area contributed by atoms with Crippen LogP contribution in [0.2, 0.25) is 0 Å². The number of aromatic nitrogens is 3. The molecule has 2 aliphatic rings. The largest absolute Gasteiger partial charge is 0.495 e. The number of carbonyl (C=O) groups is 1.